The fourth-order valence-electron chi connectivity index (χ4n) is 3.95. The second-order valence-corrected chi connectivity index (χ2v) is 11.7. The van der Waals surface area contributed by atoms with Gasteiger partial charge in [0, 0.05) is 18.0 Å². The minimum absolute atomic E-state index is 0.0761. The number of likely N-dealkylation sites (N-methyl/N-ethyl adjacent to an activating group) is 1. The van der Waals surface area contributed by atoms with Crippen LogP contribution in [0.25, 0.3) is 0 Å². The van der Waals surface area contributed by atoms with Crippen molar-refractivity contribution in [1.82, 2.24) is 10.2 Å². The summed E-state index contributed by atoms with van der Waals surface area (Å²) in [5.41, 5.74) is 2.09. The van der Waals surface area contributed by atoms with Gasteiger partial charge in [-0.2, -0.15) is 0 Å². The Labute approximate surface area is 235 Å². The van der Waals surface area contributed by atoms with Crippen LogP contribution in [0.15, 0.2) is 82.6 Å². The van der Waals surface area contributed by atoms with Crippen molar-refractivity contribution in [3.05, 3.63) is 83.9 Å². The first kappa shape index (κ1) is 30.0. The quantitative estimate of drug-likeness (QED) is 0.323. The van der Waals surface area contributed by atoms with E-state index in [1.165, 1.54) is 16.7 Å². The largest absolute Gasteiger partial charge is 0.497 e. The summed E-state index contributed by atoms with van der Waals surface area (Å²) in [6.45, 7) is 5.39. The van der Waals surface area contributed by atoms with E-state index in [4.69, 9.17) is 4.74 Å². The third-order valence-corrected chi connectivity index (χ3v) is 8.81. The van der Waals surface area contributed by atoms with Gasteiger partial charge in [-0.15, -0.1) is 11.8 Å². The first-order valence-corrected chi connectivity index (χ1v) is 15.2. The molecule has 2 amide bonds. The fraction of sp³-hybridized carbons (Fsp3) is 0.310. The number of benzene rings is 3. The monoisotopic (exact) mass is 569 g/mol. The van der Waals surface area contributed by atoms with Gasteiger partial charge in [0.05, 0.1) is 17.7 Å². The third kappa shape index (κ3) is 7.54. The molecule has 3 aromatic carbocycles. The van der Waals surface area contributed by atoms with Gasteiger partial charge in [-0.1, -0.05) is 29.8 Å². The first-order chi connectivity index (χ1) is 18.6. The molecule has 3 rings (SSSR count). The molecular weight excluding hydrogens is 534 g/mol. The summed E-state index contributed by atoms with van der Waals surface area (Å²) in [6, 6.07) is 19.8. The third-order valence-electron chi connectivity index (χ3n) is 6.28. The van der Waals surface area contributed by atoms with Crippen molar-refractivity contribution in [3.8, 4) is 5.75 Å². The molecule has 8 nitrogen and oxygen atoms in total. The van der Waals surface area contributed by atoms with Crippen LogP contribution in [-0.2, 0) is 26.2 Å². The van der Waals surface area contributed by atoms with E-state index < -0.39 is 28.5 Å². The molecule has 0 aliphatic carbocycles. The van der Waals surface area contributed by atoms with E-state index in [0.717, 1.165) is 20.3 Å². The standard InChI is InChI=1S/C29H35N3O5S2/c1-6-30-29(34)22(3)31(19-23-9-13-25(37-4)14-10-23)28(33)20-32(24-11-7-21(2)8-12-24)39(35,36)27-17-15-26(38-5)16-18-27/h7-18,22H,6,19-20H2,1-5H3,(H,30,34). The molecule has 1 atom stereocenters. The van der Waals surface area contributed by atoms with E-state index in [2.05, 4.69) is 5.32 Å². The highest BCUT2D eigenvalue weighted by molar-refractivity contribution is 7.98. The summed E-state index contributed by atoms with van der Waals surface area (Å²) in [4.78, 5) is 29.1. The Kier molecular flexibility index (Phi) is 10.4. The van der Waals surface area contributed by atoms with Gasteiger partial charge in [0.2, 0.25) is 11.8 Å². The molecule has 0 radical (unpaired) electrons. The van der Waals surface area contributed by atoms with Gasteiger partial charge >= 0.3 is 0 Å². The zero-order chi connectivity index (χ0) is 28.6. The number of amides is 2. The number of sulfonamides is 1. The topological polar surface area (TPSA) is 96.0 Å². The number of nitrogens with one attached hydrogen (secondary N) is 1. The van der Waals surface area contributed by atoms with Crippen molar-refractivity contribution in [1.29, 1.82) is 0 Å². The van der Waals surface area contributed by atoms with Gasteiger partial charge in [0.15, 0.2) is 0 Å². The Morgan fingerprint density at radius 1 is 0.974 bits per heavy atom. The van der Waals surface area contributed by atoms with Crippen molar-refractivity contribution in [2.45, 2.75) is 43.1 Å². The summed E-state index contributed by atoms with van der Waals surface area (Å²) in [5.74, 6) is -0.163. The van der Waals surface area contributed by atoms with Crippen molar-refractivity contribution >= 4 is 39.3 Å². The van der Waals surface area contributed by atoms with E-state index >= 15 is 0 Å². The molecular formula is C29H35N3O5S2. The maximum atomic E-state index is 13.9. The zero-order valence-electron chi connectivity index (χ0n) is 22.9. The van der Waals surface area contributed by atoms with Crippen LogP contribution in [-0.4, -0.2) is 57.6 Å². The van der Waals surface area contributed by atoms with Gasteiger partial charge in [-0.05, 0) is 81.1 Å². The molecule has 0 aliphatic heterocycles. The molecule has 1 unspecified atom stereocenters. The van der Waals surface area contributed by atoms with E-state index in [1.54, 1.807) is 81.6 Å². The number of hydrogen-bond donors (Lipinski definition) is 1. The van der Waals surface area contributed by atoms with Gasteiger partial charge in [-0.25, -0.2) is 8.42 Å². The highest BCUT2D eigenvalue weighted by atomic mass is 32.2. The lowest BCUT2D eigenvalue weighted by atomic mass is 10.1. The molecule has 208 valence electrons. The van der Waals surface area contributed by atoms with Crippen LogP contribution in [0.4, 0.5) is 5.69 Å². The van der Waals surface area contributed by atoms with Gasteiger partial charge in [-0.3, -0.25) is 13.9 Å². The second kappa shape index (κ2) is 13.5. The number of ether oxygens (including phenoxy) is 1. The number of nitrogens with zero attached hydrogens (tertiary/aromatic N) is 2. The lowest BCUT2D eigenvalue weighted by Gasteiger charge is -2.32. The summed E-state index contributed by atoms with van der Waals surface area (Å²) >= 11 is 1.51. The Morgan fingerprint density at radius 3 is 2.13 bits per heavy atom. The summed E-state index contributed by atoms with van der Waals surface area (Å²) in [5, 5.41) is 2.76. The number of thioether (sulfide) groups is 1. The molecule has 39 heavy (non-hydrogen) atoms. The molecule has 0 aromatic heterocycles. The average molecular weight is 570 g/mol. The molecule has 3 aromatic rings. The molecule has 0 spiro atoms. The van der Waals surface area contributed by atoms with Crippen molar-refractivity contribution in [3.63, 3.8) is 0 Å². The molecule has 0 saturated heterocycles. The Hall–Kier alpha value is -3.50. The van der Waals surface area contributed by atoms with Crippen LogP contribution in [0.1, 0.15) is 25.0 Å². The normalized spacial score (nSPS) is 11.9. The average Bonchev–Trinajstić information content (AvgIpc) is 2.95. The minimum Gasteiger partial charge on any atom is -0.497 e. The number of anilines is 1. The van der Waals surface area contributed by atoms with Crippen LogP contribution in [0, 0.1) is 6.92 Å². The number of hydrogen-bond acceptors (Lipinski definition) is 6. The highest BCUT2D eigenvalue weighted by Gasteiger charge is 2.32. The van der Waals surface area contributed by atoms with Crippen LogP contribution in [0.5, 0.6) is 5.75 Å². The Bertz CT molecular complexity index is 1360. The van der Waals surface area contributed by atoms with Crippen LogP contribution in [0.2, 0.25) is 0 Å². The van der Waals surface area contributed by atoms with Crippen molar-refractivity contribution in [2.24, 2.45) is 0 Å². The van der Waals surface area contributed by atoms with Crippen LogP contribution < -0.4 is 14.4 Å². The molecule has 0 aliphatic rings. The molecule has 1 N–H and O–H groups in total. The number of carbonyl (C=O) groups excluding carboxylic acids is 2. The number of carbonyl (C=O) groups is 2. The Morgan fingerprint density at radius 2 is 1.59 bits per heavy atom. The summed E-state index contributed by atoms with van der Waals surface area (Å²) in [6.07, 6.45) is 1.91. The number of aryl methyl sites for hydroxylation is 1. The van der Waals surface area contributed by atoms with Crippen molar-refractivity contribution in [2.75, 3.05) is 30.8 Å². The van der Waals surface area contributed by atoms with E-state index in [1.807, 2.05) is 25.3 Å². The lowest BCUT2D eigenvalue weighted by molar-refractivity contribution is -0.139. The lowest BCUT2D eigenvalue weighted by Crippen LogP contribution is -2.51. The first-order valence-electron chi connectivity index (χ1n) is 12.5. The maximum absolute atomic E-state index is 13.9. The smallest absolute Gasteiger partial charge is 0.264 e. The van der Waals surface area contributed by atoms with Gasteiger partial charge < -0.3 is 15.0 Å². The SMILES string of the molecule is CCNC(=O)C(C)N(Cc1ccc(OC)cc1)C(=O)CN(c1ccc(C)cc1)S(=O)(=O)c1ccc(SC)cc1. The van der Waals surface area contributed by atoms with Gasteiger partial charge in [0.1, 0.15) is 18.3 Å². The predicted molar refractivity (Wildman–Crippen MR) is 156 cm³/mol. The van der Waals surface area contributed by atoms with Gasteiger partial charge in [0.25, 0.3) is 10.0 Å². The number of rotatable bonds is 12. The maximum Gasteiger partial charge on any atom is 0.264 e. The molecule has 0 saturated carbocycles. The van der Waals surface area contributed by atoms with Crippen LogP contribution >= 0.6 is 11.8 Å². The minimum atomic E-state index is -4.10. The van der Waals surface area contributed by atoms with E-state index in [0.29, 0.717) is 18.0 Å². The molecule has 0 fully saturated rings. The van der Waals surface area contributed by atoms with Crippen molar-refractivity contribution < 1.29 is 22.7 Å². The molecule has 0 bridgehead atoms. The second-order valence-electron chi connectivity index (χ2n) is 8.96. The molecule has 0 heterocycles. The summed E-state index contributed by atoms with van der Waals surface area (Å²) < 4.78 is 34.1. The predicted octanol–water partition coefficient (Wildman–Crippen LogP) is 4.47. The zero-order valence-corrected chi connectivity index (χ0v) is 24.5. The Balaban J connectivity index is 2.01. The van der Waals surface area contributed by atoms with E-state index in [-0.39, 0.29) is 17.3 Å². The fourth-order valence-corrected chi connectivity index (χ4v) is 5.77. The molecule has 10 heteroatoms. The highest BCUT2D eigenvalue weighted by Crippen LogP contribution is 2.26. The summed E-state index contributed by atoms with van der Waals surface area (Å²) in [7, 11) is -2.53. The number of methoxy groups -OCH3 is 1. The van der Waals surface area contributed by atoms with Crippen LogP contribution in [0.3, 0.4) is 0 Å². The van der Waals surface area contributed by atoms with E-state index in [9.17, 15) is 18.0 Å².